The fourth-order valence-electron chi connectivity index (χ4n) is 4.36. The van der Waals surface area contributed by atoms with Crippen LogP contribution in [0.5, 0.6) is 0 Å². The van der Waals surface area contributed by atoms with Gasteiger partial charge in [-0.2, -0.15) is 0 Å². The first kappa shape index (κ1) is 25.3. The normalized spacial score (nSPS) is 12.6. The van der Waals surface area contributed by atoms with Gasteiger partial charge in [-0.3, -0.25) is 4.99 Å². The highest BCUT2D eigenvalue weighted by Gasteiger charge is 2.36. The number of pyridine rings is 2. The van der Waals surface area contributed by atoms with Crippen LogP contribution in [0.25, 0.3) is 22.5 Å². The molecule has 5 aromatic rings. The molecule has 0 radical (unpaired) electrons. The van der Waals surface area contributed by atoms with E-state index in [0.717, 1.165) is 28.1 Å². The number of allylic oxidation sites excluding steroid dienone is 1. The lowest BCUT2D eigenvalue weighted by molar-refractivity contribution is 0.592. The zero-order chi connectivity index (χ0) is 26.4. The standard InChI is InChI=1S/C33H28N3OP/c1-3-31(34-25(2)26-15-7-4-8-16-26)38(37,32-23-13-21-29(35-32)27-17-9-5-10-18-27)33-24-14-22-30(36-33)28-19-11-6-12-20-28/h3-25H,1H2,2H3. The van der Waals surface area contributed by atoms with E-state index in [1.807, 2.05) is 122 Å². The fourth-order valence-corrected chi connectivity index (χ4v) is 6.74. The molecule has 2 aromatic heterocycles. The summed E-state index contributed by atoms with van der Waals surface area (Å²) in [7, 11) is -3.59. The summed E-state index contributed by atoms with van der Waals surface area (Å²) in [4.78, 5) is 14.8. The van der Waals surface area contributed by atoms with Crippen molar-refractivity contribution in [3.05, 3.63) is 146 Å². The molecule has 186 valence electrons. The second kappa shape index (κ2) is 11.3. The number of hydrogen-bond donors (Lipinski definition) is 0. The van der Waals surface area contributed by atoms with Crippen molar-refractivity contribution in [1.82, 2.24) is 9.97 Å². The molecule has 0 amide bonds. The highest BCUT2D eigenvalue weighted by atomic mass is 31.2. The van der Waals surface area contributed by atoms with E-state index in [-0.39, 0.29) is 6.04 Å². The largest absolute Gasteiger partial charge is 0.304 e. The second-order valence-electron chi connectivity index (χ2n) is 8.88. The van der Waals surface area contributed by atoms with Crippen LogP contribution in [-0.4, -0.2) is 15.4 Å². The monoisotopic (exact) mass is 513 g/mol. The van der Waals surface area contributed by atoms with E-state index in [2.05, 4.69) is 6.58 Å². The molecule has 5 rings (SSSR count). The second-order valence-corrected chi connectivity index (χ2v) is 11.5. The smallest absolute Gasteiger partial charge is 0.223 e. The fraction of sp³-hybridized carbons (Fsp3) is 0.0606. The Morgan fingerprint density at radius 3 is 1.58 bits per heavy atom. The first-order valence-electron chi connectivity index (χ1n) is 12.5. The van der Waals surface area contributed by atoms with Gasteiger partial charge in [0, 0.05) is 11.1 Å². The van der Waals surface area contributed by atoms with Gasteiger partial charge >= 0.3 is 0 Å². The van der Waals surface area contributed by atoms with Gasteiger partial charge in [0.2, 0.25) is 7.14 Å². The van der Waals surface area contributed by atoms with E-state index in [9.17, 15) is 0 Å². The maximum absolute atomic E-state index is 15.4. The number of rotatable bonds is 8. The summed E-state index contributed by atoms with van der Waals surface area (Å²) in [5.41, 5.74) is 5.62. The highest BCUT2D eigenvalue weighted by molar-refractivity contribution is 7.93. The summed E-state index contributed by atoms with van der Waals surface area (Å²) in [6.45, 7) is 6.02. The Bertz CT molecular complexity index is 1530. The Balaban J connectivity index is 1.71. The summed E-state index contributed by atoms with van der Waals surface area (Å²) < 4.78 is 15.4. The van der Waals surface area contributed by atoms with Crippen molar-refractivity contribution in [2.75, 3.05) is 0 Å². The summed E-state index contributed by atoms with van der Waals surface area (Å²) >= 11 is 0. The van der Waals surface area contributed by atoms with Gasteiger partial charge in [0.1, 0.15) is 16.3 Å². The summed E-state index contributed by atoms with van der Waals surface area (Å²) in [6.07, 6.45) is 1.59. The SMILES string of the molecule is C=CC(=NC(C)c1ccccc1)P(=O)(c1cccc(-c2ccccc2)n1)c1cccc(-c2ccccc2)n1. The van der Waals surface area contributed by atoms with E-state index in [1.165, 1.54) is 0 Å². The van der Waals surface area contributed by atoms with E-state index < -0.39 is 7.14 Å². The van der Waals surface area contributed by atoms with Crippen LogP contribution in [0.3, 0.4) is 0 Å². The molecule has 5 heteroatoms. The Morgan fingerprint density at radius 1 is 0.684 bits per heavy atom. The number of aliphatic imine (C=N–C) groups is 1. The first-order chi connectivity index (χ1) is 18.6. The Hall–Kier alpha value is -4.40. The predicted octanol–water partition coefficient (Wildman–Crippen LogP) is 7.47. The molecular formula is C33H28N3OP. The van der Waals surface area contributed by atoms with Crippen molar-refractivity contribution in [2.45, 2.75) is 13.0 Å². The number of aromatic nitrogens is 2. The van der Waals surface area contributed by atoms with Crippen LogP contribution in [0.15, 0.2) is 145 Å². The third-order valence-electron chi connectivity index (χ3n) is 6.37. The molecule has 0 fully saturated rings. The zero-order valence-electron chi connectivity index (χ0n) is 21.2. The molecule has 0 N–H and O–H groups in total. The van der Waals surface area contributed by atoms with E-state index in [0.29, 0.717) is 16.3 Å². The van der Waals surface area contributed by atoms with Crippen LogP contribution in [0, 0.1) is 0 Å². The Kier molecular flexibility index (Phi) is 7.53. The van der Waals surface area contributed by atoms with E-state index in [1.54, 1.807) is 18.2 Å². The molecule has 0 aliphatic carbocycles. The van der Waals surface area contributed by atoms with E-state index in [4.69, 9.17) is 15.0 Å². The van der Waals surface area contributed by atoms with Crippen molar-refractivity contribution >= 4 is 23.5 Å². The van der Waals surface area contributed by atoms with Crippen molar-refractivity contribution in [1.29, 1.82) is 0 Å². The van der Waals surface area contributed by atoms with Crippen molar-refractivity contribution < 1.29 is 4.57 Å². The highest BCUT2D eigenvalue weighted by Crippen LogP contribution is 2.46. The van der Waals surface area contributed by atoms with Crippen LogP contribution in [0.2, 0.25) is 0 Å². The molecule has 0 saturated carbocycles. The average molecular weight is 514 g/mol. The lowest BCUT2D eigenvalue weighted by atomic mass is 10.1. The minimum absolute atomic E-state index is 0.230. The van der Waals surface area contributed by atoms with Gasteiger partial charge in [0.05, 0.1) is 17.4 Å². The first-order valence-corrected chi connectivity index (χ1v) is 14.2. The lowest BCUT2D eigenvalue weighted by Gasteiger charge is -2.21. The van der Waals surface area contributed by atoms with Gasteiger partial charge < -0.3 is 4.57 Å². The van der Waals surface area contributed by atoms with Gasteiger partial charge in [-0.05, 0) is 42.8 Å². The van der Waals surface area contributed by atoms with Crippen LogP contribution >= 0.6 is 7.14 Å². The summed E-state index contributed by atoms with van der Waals surface area (Å²) in [5, 5.41) is 0. The topological polar surface area (TPSA) is 55.2 Å². The summed E-state index contributed by atoms with van der Waals surface area (Å²) in [5.74, 6) is 0. The van der Waals surface area contributed by atoms with Crippen LogP contribution < -0.4 is 10.9 Å². The average Bonchev–Trinajstić information content (AvgIpc) is 3.01. The molecule has 1 unspecified atom stereocenters. The van der Waals surface area contributed by atoms with Gasteiger partial charge in [0.25, 0.3) is 0 Å². The molecule has 0 saturated heterocycles. The molecule has 0 spiro atoms. The van der Waals surface area contributed by atoms with Gasteiger partial charge in [-0.25, -0.2) is 9.97 Å². The third-order valence-corrected chi connectivity index (χ3v) is 9.10. The van der Waals surface area contributed by atoms with Crippen molar-refractivity contribution in [2.24, 2.45) is 4.99 Å². The minimum Gasteiger partial charge on any atom is -0.304 e. The van der Waals surface area contributed by atoms with Crippen LogP contribution in [0.4, 0.5) is 0 Å². The molecule has 0 bridgehead atoms. The van der Waals surface area contributed by atoms with Crippen LogP contribution in [0.1, 0.15) is 18.5 Å². The maximum Gasteiger partial charge on any atom is 0.223 e. The van der Waals surface area contributed by atoms with E-state index >= 15 is 4.57 Å². The molecule has 2 heterocycles. The van der Waals surface area contributed by atoms with Crippen molar-refractivity contribution in [3.63, 3.8) is 0 Å². The molecular weight excluding hydrogens is 485 g/mol. The number of hydrogen-bond acceptors (Lipinski definition) is 4. The minimum atomic E-state index is -3.59. The zero-order valence-corrected chi connectivity index (χ0v) is 22.1. The van der Waals surface area contributed by atoms with Gasteiger partial charge in [-0.1, -0.05) is 110 Å². The predicted molar refractivity (Wildman–Crippen MR) is 159 cm³/mol. The molecule has 38 heavy (non-hydrogen) atoms. The number of benzene rings is 3. The quantitative estimate of drug-likeness (QED) is 0.160. The molecule has 3 aromatic carbocycles. The van der Waals surface area contributed by atoms with Gasteiger partial charge in [-0.15, -0.1) is 0 Å². The molecule has 0 aliphatic rings. The van der Waals surface area contributed by atoms with Gasteiger partial charge in [0.15, 0.2) is 0 Å². The van der Waals surface area contributed by atoms with Crippen LogP contribution in [-0.2, 0) is 4.57 Å². The molecule has 0 aliphatic heterocycles. The Morgan fingerprint density at radius 2 is 1.13 bits per heavy atom. The molecule has 1 atom stereocenters. The number of nitrogens with zero attached hydrogens (tertiary/aromatic N) is 3. The van der Waals surface area contributed by atoms with Crippen molar-refractivity contribution in [3.8, 4) is 22.5 Å². The lowest BCUT2D eigenvalue weighted by Crippen LogP contribution is -2.27. The third kappa shape index (κ3) is 5.18. The molecule has 4 nitrogen and oxygen atoms in total. The Labute approximate surface area is 223 Å². The maximum atomic E-state index is 15.4. The summed E-state index contributed by atoms with van der Waals surface area (Å²) in [6, 6.07) is 40.7.